The second-order valence-corrected chi connectivity index (χ2v) is 6.35. The van der Waals surface area contributed by atoms with Crippen LogP contribution in [-0.2, 0) is 20.9 Å². The van der Waals surface area contributed by atoms with E-state index in [4.69, 9.17) is 9.47 Å². The van der Waals surface area contributed by atoms with Gasteiger partial charge in [0.25, 0.3) is 0 Å². The van der Waals surface area contributed by atoms with E-state index in [1.807, 2.05) is 51.1 Å². The van der Waals surface area contributed by atoms with Crippen LogP contribution >= 0.6 is 0 Å². The van der Waals surface area contributed by atoms with Crippen LogP contribution in [0.3, 0.4) is 0 Å². The number of carboxylic acid groups (broad SMARTS) is 1. The molecular weight excluding hydrogens is 298 g/mol. The van der Waals surface area contributed by atoms with Crippen molar-refractivity contribution in [2.24, 2.45) is 0 Å². The minimum absolute atomic E-state index is 0.0677. The second-order valence-electron chi connectivity index (χ2n) is 6.35. The lowest BCUT2D eigenvalue weighted by molar-refractivity contribution is -0.314. The molecule has 0 aliphatic heterocycles. The Hall–Kier alpha value is -2.08. The maximum atomic E-state index is 12.1. The number of carboxylic acids is 1. The van der Waals surface area contributed by atoms with Crippen molar-refractivity contribution in [2.45, 2.75) is 52.0 Å². The van der Waals surface area contributed by atoms with E-state index < -0.39 is 29.8 Å². The average Bonchev–Trinajstić information content (AvgIpc) is 2.43. The van der Waals surface area contributed by atoms with Gasteiger partial charge in [-0.1, -0.05) is 30.3 Å². The Bertz CT molecular complexity index is 524. The monoisotopic (exact) mass is 322 g/mol. The molecular formula is C17H24NO5-. The summed E-state index contributed by atoms with van der Waals surface area (Å²) < 4.78 is 10.8. The zero-order valence-corrected chi connectivity index (χ0v) is 14.2. The number of ether oxygens (including phenoxy) is 2. The normalized spacial score (nSPS) is 14.0. The zero-order chi connectivity index (χ0) is 17.6. The Morgan fingerprint density at radius 1 is 1.22 bits per heavy atom. The van der Waals surface area contributed by atoms with E-state index in [2.05, 4.69) is 0 Å². The van der Waals surface area contributed by atoms with Crippen LogP contribution in [0.1, 0.15) is 33.3 Å². The molecule has 0 heterocycles. The van der Waals surface area contributed by atoms with Gasteiger partial charge in [-0.15, -0.1) is 0 Å². The summed E-state index contributed by atoms with van der Waals surface area (Å²) in [6, 6.07) is 7.91. The van der Waals surface area contributed by atoms with Crippen molar-refractivity contribution in [3.05, 3.63) is 35.9 Å². The number of carbonyl (C=O) groups is 2. The molecule has 0 saturated heterocycles. The molecule has 6 heteroatoms. The lowest BCUT2D eigenvalue weighted by Gasteiger charge is -2.36. The summed E-state index contributed by atoms with van der Waals surface area (Å²) in [5.41, 5.74) is 0.278. The van der Waals surface area contributed by atoms with Crippen LogP contribution in [0.5, 0.6) is 0 Å². The number of nitrogens with zero attached hydrogens (tertiary/aromatic N) is 1. The number of aliphatic carboxylic acids is 1. The minimum Gasteiger partial charge on any atom is -0.548 e. The summed E-state index contributed by atoms with van der Waals surface area (Å²) >= 11 is 0. The van der Waals surface area contributed by atoms with Gasteiger partial charge in [-0.05, 0) is 33.3 Å². The summed E-state index contributed by atoms with van der Waals surface area (Å²) in [5, 5.41) is 11.4. The van der Waals surface area contributed by atoms with Crippen LogP contribution in [0.4, 0.5) is 4.79 Å². The number of amides is 1. The molecule has 0 radical (unpaired) electrons. The lowest BCUT2D eigenvalue weighted by atomic mass is 10.1. The summed E-state index contributed by atoms with van der Waals surface area (Å²) in [4.78, 5) is 24.5. The highest BCUT2D eigenvalue weighted by Gasteiger charge is 2.31. The number of likely N-dealkylation sites (N-methyl/N-ethyl adjacent to an activating group) is 1. The SMILES string of the molecule is C[C@@H](OC(C)(C)C)[C@@H](C(=O)[O-])N(C)C(=O)OCc1ccccc1. The summed E-state index contributed by atoms with van der Waals surface area (Å²) in [6.45, 7) is 7.08. The Balaban J connectivity index is 2.71. The first kappa shape index (κ1) is 19.0. The first-order chi connectivity index (χ1) is 10.6. The number of carbonyl (C=O) groups excluding carboxylic acids is 2. The van der Waals surface area contributed by atoms with Gasteiger partial charge in [0.15, 0.2) is 0 Å². The molecule has 0 aliphatic rings. The van der Waals surface area contributed by atoms with Gasteiger partial charge in [0, 0.05) is 7.05 Å². The molecule has 0 aliphatic carbocycles. The Labute approximate surface area is 137 Å². The molecule has 2 atom stereocenters. The highest BCUT2D eigenvalue weighted by molar-refractivity contribution is 5.79. The highest BCUT2D eigenvalue weighted by atomic mass is 16.6. The Morgan fingerprint density at radius 2 is 1.78 bits per heavy atom. The number of hydrogen-bond donors (Lipinski definition) is 0. The van der Waals surface area contributed by atoms with Crippen molar-refractivity contribution in [1.29, 1.82) is 0 Å². The quantitative estimate of drug-likeness (QED) is 0.794. The largest absolute Gasteiger partial charge is 0.548 e. The van der Waals surface area contributed by atoms with Gasteiger partial charge < -0.3 is 24.3 Å². The van der Waals surface area contributed by atoms with E-state index in [1.54, 1.807) is 6.92 Å². The number of hydrogen-bond acceptors (Lipinski definition) is 5. The van der Waals surface area contributed by atoms with Crippen LogP contribution in [0, 0.1) is 0 Å². The fourth-order valence-corrected chi connectivity index (χ4v) is 2.22. The second kappa shape index (κ2) is 7.97. The summed E-state index contributed by atoms with van der Waals surface area (Å²) in [7, 11) is 1.36. The van der Waals surface area contributed by atoms with Crippen molar-refractivity contribution < 1.29 is 24.2 Å². The van der Waals surface area contributed by atoms with E-state index in [9.17, 15) is 14.7 Å². The molecule has 0 unspecified atom stereocenters. The van der Waals surface area contributed by atoms with E-state index in [0.29, 0.717) is 0 Å². The first-order valence-corrected chi connectivity index (χ1v) is 7.44. The van der Waals surface area contributed by atoms with Gasteiger partial charge >= 0.3 is 6.09 Å². The summed E-state index contributed by atoms with van der Waals surface area (Å²) in [5.74, 6) is -1.39. The zero-order valence-electron chi connectivity index (χ0n) is 14.2. The third-order valence-corrected chi connectivity index (χ3v) is 3.14. The van der Waals surface area contributed by atoms with Crippen molar-refractivity contribution in [1.82, 2.24) is 4.90 Å². The molecule has 23 heavy (non-hydrogen) atoms. The molecule has 1 aromatic carbocycles. The van der Waals surface area contributed by atoms with Crippen LogP contribution in [0.2, 0.25) is 0 Å². The molecule has 0 aromatic heterocycles. The molecule has 6 nitrogen and oxygen atoms in total. The smallest absolute Gasteiger partial charge is 0.410 e. The van der Waals surface area contributed by atoms with Crippen molar-refractivity contribution >= 4 is 12.1 Å². The molecule has 1 amide bonds. The third kappa shape index (κ3) is 6.28. The van der Waals surface area contributed by atoms with Gasteiger partial charge in [-0.3, -0.25) is 0 Å². The van der Waals surface area contributed by atoms with Crippen LogP contribution in [-0.4, -0.2) is 41.8 Å². The van der Waals surface area contributed by atoms with Crippen LogP contribution in [0.15, 0.2) is 30.3 Å². The van der Waals surface area contributed by atoms with E-state index in [1.165, 1.54) is 7.05 Å². The Kier molecular flexibility index (Phi) is 6.57. The molecule has 0 bridgehead atoms. The fourth-order valence-electron chi connectivity index (χ4n) is 2.22. The molecule has 0 saturated carbocycles. The topological polar surface area (TPSA) is 78.9 Å². The summed E-state index contributed by atoms with van der Waals surface area (Å²) in [6.07, 6.45) is -1.48. The highest BCUT2D eigenvalue weighted by Crippen LogP contribution is 2.16. The van der Waals surface area contributed by atoms with Gasteiger partial charge in [0.1, 0.15) is 12.6 Å². The number of benzene rings is 1. The third-order valence-electron chi connectivity index (χ3n) is 3.14. The predicted molar refractivity (Wildman–Crippen MR) is 83.5 cm³/mol. The average molecular weight is 322 g/mol. The molecule has 128 valence electrons. The van der Waals surface area contributed by atoms with Crippen LogP contribution in [0.25, 0.3) is 0 Å². The van der Waals surface area contributed by atoms with E-state index in [0.717, 1.165) is 10.5 Å². The Morgan fingerprint density at radius 3 is 2.26 bits per heavy atom. The molecule has 1 rings (SSSR count). The molecule has 0 fully saturated rings. The van der Waals surface area contributed by atoms with E-state index in [-0.39, 0.29) is 6.61 Å². The molecule has 0 N–H and O–H groups in total. The van der Waals surface area contributed by atoms with Gasteiger partial charge in [0.05, 0.1) is 17.7 Å². The molecule has 1 aromatic rings. The standard InChI is InChI=1S/C17H25NO5/c1-12(23-17(2,3)4)14(15(19)20)18(5)16(21)22-11-13-9-7-6-8-10-13/h6-10,12,14H,11H2,1-5H3,(H,19,20)/p-1/t12-,14+/m1/s1. The lowest BCUT2D eigenvalue weighted by Crippen LogP contribution is -2.56. The first-order valence-electron chi connectivity index (χ1n) is 7.44. The van der Waals surface area contributed by atoms with Gasteiger partial charge in [0.2, 0.25) is 0 Å². The number of rotatable bonds is 6. The minimum atomic E-state index is -1.39. The van der Waals surface area contributed by atoms with Crippen molar-refractivity contribution in [2.75, 3.05) is 7.05 Å². The maximum Gasteiger partial charge on any atom is 0.410 e. The van der Waals surface area contributed by atoms with E-state index >= 15 is 0 Å². The van der Waals surface area contributed by atoms with Gasteiger partial charge in [-0.2, -0.15) is 0 Å². The predicted octanol–water partition coefficient (Wildman–Crippen LogP) is 1.58. The maximum absolute atomic E-state index is 12.1. The van der Waals surface area contributed by atoms with Crippen molar-refractivity contribution in [3.63, 3.8) is 0 Å². The molecule has 0 spiro atoms. The fraction of sp³-hybridized carbons (Fsp3) is 0.529. The van der Waals surface area contributed by atoms with Crippen LogP contribution < -0.4 is 5.11 Å². The van der Waals surface area contributed by atoms with Crippen molar-refractivity contribution in [3.8, 4) is 0 Å². The van der Waals surface area contributed by atoms with Gasteiger partial charge in [-0.25, -0.2) is 4.79 Å².